The van der Waals surface area contributed by atoms with Crippen LogP contribution in [0.25, 0.3) is 0 Å². The summed E-state index contributed by atoms with van der Waals surface area (Å²) >= 11 is 0. The van der Waals surface area contributed by atoms with E-state index in [4.69, 9.17) is 4.74 Å². The van der Waals surface area contributed by atoms with Crippen LogP contribution in [0, 0.1) is 5.92 Å². The number of anilines is 2. The molecular weight excluding hydrogens is 204 g/mol. The lowest BCUT2D eigenvalue weighted by Gasteiger charge is -2.08. The topological polar surface area (TPSA) is 59.1 Å². The monoisotopic (exact) mass is 222 g/mol. The molecule has 1 saturated carbocycles. The van der Waals surface area contributed by atoms with E-state index in [0.29, 0.717) is 12.4 Å². The molecule has 0 radical (unpaired) electrons. The number of rotatable bonds is 6. The number of hydrogen-bond donors (Lipinski definition) is 2. The fraction of sp³-hybridized carbons (Fsp3) is 0.636. The average molecular weight is 222 g/mol. The number of nitrogens with zero attached hydrogens (tertiary/aromatic N) is 2. The Morgan fingerprint density at radius 2 is 2.12 bits per heavy atom. The second-order valence-corrected chi connectivity index (χ2v) is 4.06. The van der Waals surface area contributed by atoms with Gasteiger partial charge in [-0.1, -0.05) is 0 Å². The quantitative estimate of drug-likeness (QED) is 0.763. The summed E-state index contributed by atoms with van der Waals surface area (Å²) in [5.74, 6) is 3.23. The van der Waals surface area contributed by atoms with Crippen LogP contribution in [-0.2, 0) is 11.3 Å². The molecule has 5 heteroatoms. The molecule has 88 valence electrons. The lowest BCUT2D eigenvalue weighted by Crippen LogP contribution is -2.09. The van der Waals surface area contributed by atoms with Gasteiger partial charge in [-0.3, -0.25) is 0 Å². The van der Waals surface area contributed by atoms with Gasteiger partial charge in [0.25, 0.3) is 0 Å². The highest BCUT2D eigenvalue weighted by molar-refractivity contribution is 5.47. The average Bonchev–Trinajstić information content (AvgIpc) is 3.10. The molecule has 1 aliphatic carbocycles. The van der Waals surface area contributed by atoms with Crippen molar-refractivity contribution in [1.29, 1.82) is 0 Å². The van der Waals surface area contributed by atoms with E-state index in [-0.39, 0.29) is 0 Å². The van der Waals surface area contributed by atoms with Gasteiger partial charge in [-0.2, -0.15) is 0 Å². The Morgan fingerprint density at radius 1 is 1.38 bits per heavy atom. The summed E-state index contributed by atoms with van der Waals surface area (Å²) in [6.45, 7) is 1.44. The van der Waals surface area contributed by atoms with E-state index in [1.54, 1.807) is 7.11 Å². The number of nitrogens with one attached hydrogen (secondary N) is 2. The SMILES string of the molecule is CNc1cc(NCC2CC2)nc(COC)n1. The number of aromatic nitrogens is 2. The van der Waals surface area contributed by atoms with Crippen molar-refractivity contribution in [2.45, 2.75) is 19.4 Å². The number of methoxy groups -OCH3 is 1. The Balaban J connectivity index is 2.04. The first-order chi connectivity index (χ1) is 7.81. The summed E-state index contributed by atoms with van der Waals surface area (Å²) in [6.07, 6.45) is 2.67. The Bertz CT molecular complexity index is 352. The van der Waals surface area contributed by atoms with E-state index < -0.39 is 0 Å². The second-order valence-electron chi connectivity index (χ2n) is 4.06. The van der Waals surface area contributed by atoms with Gasteiger partial charge in [0.05, 0.1) is 0 Å². The second kappa shape index (κ2) is 5.12. The van der Waals surface area contributed by atoms with Gasteiger partial charge in [0, 0.05) is 26.8 Å². The first-order valence-corrected chi connectivity index (χ1v) is 5.60. The van der Waals surface area contributed by atoms with Crippen molar-refractivity contribution in [2.24, 2.45) is 5.92 Å². The lowest BCUT2D eigenvalue weighted by molar-refractivity contribution is 0.178. The Morgan fingerprint density at radius 3 is 2.75 bits per heavy atom. The van der Waals surface area contributed by atoms with E-state index in [9.17, 15) is 0 Å². The largest absolute Gasteiger partial charge is 0.377 e. The van der Waals surface area contributed by atoms with Gasteiger partial charge in [-0.25, -0.2) is 9.97 Å². The van der Waals surface area contributed by atoms with Crippen LogP contribution in [0.3, 0.4) is 0 Å². The van der Waals surface area contributed by atoms with E-state index in [2.05, 4.69) is 20.6 Å². The summed E-state index contributed by atoms with van der Waals surface area (Å²) in [7, 11) is 3.50. The first-order valence-electron chi connectivity index (χ1n) is 5.60. The standard InChI is InChI=1S/C11H18N4O/c1-12-9-5-10(13-6-8-3-4-8)15-11(14-9)7-16-2/h5,8H,3-4,6-7H2,1-2H3,(H2,12,13,14,15). The minimum atomic E-state index is 0.438. The van der Waals surface area contributed by atoms with Crippen LogP contribution in [0.1, 0.15) is 18.7 Å². The molecule has 2 rings (SSSR count). The molecule has 0 saturated heterocycles. The minimum absolute atomic E-state index is 0.438. The maximum Gasteiger partial charge on any atom is 0.158 e. The smallest absolute Gasteiger partial charge is 0.158 e. The molecule has 0 aliphatic heterocycles. The molecule has 1 aromatic heterocycles. The molecule has 1 aliphatic rings. The Labute approximate surface area is 95.6 Å². The highest BCUT2D eigenvalue weighted by atomic mass is 16.5. The summed E-state index contributed by atoms with van der Waals surface area (Å²) in [4.78, 5) is 8.68. The van der Waals surface area contributed by atoms with Gasteiger partial charge in [0.15, 0.2) is 5.82 Å². The molecule has 0 bridgehead atoms. The van der Waals surface area contributed by atoms with Crippen molar-refractivity contribution >= 4 is 11.6 Å². The van der Waals surface area contributed by atoms with E-state index in [0.717, 1.165) is 24.1 Å². The lowest BCUT2D eigenvalue weighted by atomic mass is 10.4. The van der Waals surface area contributed by atoms with Crippen LogP contribution < -0.4 is 10.6 Å². The van der Waals surface area contributed by atoms with Crippen molar-refractivity contribution in [3.8, 4) is 0 Å². The molecule has 1 heterocycles. The molecule has 0 aromatic carbocycles. The zero-order valence-electron chi connectivity index (χ0n) is 9.79. The van der Waals surface area contributed by atoms with Crippen molar-refractivity contribution in [3.05, 3.63) is 11.9 Å². The number of ether oxygens (including phenoxy) is 1. The molecule has 1 fully saturated rings. The third-order valence-electron chi connectivity index (χ3n) is 2.57. The minimum Gasteiger partial charge on any atom is -0.377 e. The summed E-state index contributed by atoms with van der Waals surface area (Å²) < 4.78 is 5.04. The predicted molar refractivity (Wildman–Crippen MR) is 63.5 cm³/mol. The van der Waals surface area contributed by atoms with Crippen molar-refractivity contribution in [2.75, 3.05) is 31.3 Å². The van der Waals surface area contributed by atoms with Crippen LogP contribution in [-0.4, -0.2) is 30.7 Å². The van der Waals surface area contributed by atoms with Gasteiger partial charge in [-0.15, -0.1) is 0 Å². The molecule has 1 aromatic rings. The van der Waals surface area contributed by atoms with Crippen LogP contribution in [0.4, 0.5) is 11.6 Å². The van der Waals surface area contributed by atoms with Gasteiger partial charge in [-0.05, 0) is 18.8 Å². The van der Waals surface area contributed by atoms with Crippen LogP contribution in [0.2, 0.25) is 0 Å². The zero-order chi connectivity index (χ0) is 11.4. The van der Waals surface area contributed by atoms with Crippen LogP contribution >= 0.6 is 0 Å². The summed E-state index contributed by atoms with van der Waals surface area (Å²) in [6, 6.07) is 1.92. The molecule has 0 spiro atoms. The van der Waals surface area contributed by atoms with Crippen molar-refractivity contribution in [3.63, 3.8) is 0 Å². The van der Waals surface area contributed by atoms with Crippen molar-refractivity contribution < 1.29 is 4.74 Å². The fourth-order valence-corrected chi connectivity index (χ4v) is 1.48. The Kier molecular flexibility index (Phi) is 3.56. The normalized spacial score (nSPS) is 14.9. The number of hydrogen-bond acceptors (Lipinski definition) is 5. The molecular formula is C11H18N4O. The first kappa shape index (κ1) is 11.1. The maximum atomic E-state index is 5.04. The molecule has 16 heavy (non-hydrogen) atoms. The fourth-order valence-electron chi connectivity index (χ4n) is 1.48. The van der Waals surface area contributed by atoms with Gasteiger partial charge in [0.1, 0.15) is 18.2 Å². The molecule has 5 nitrogen and oxygen atoms in total. The highest BCUT2D eigenvalue weighted by Gasteiger charge is 2.20. The zero-order valence-corrected chi connectivity index (χ0v) is 9.79. The van der Waals surface area contributed by atoms with Gasteiger partial charge < -0.3 is 15.4 Å². The van der Waals surface area contributed by atoms with Crippen LogP contribution in [0.15, 0.2) is 6.07 Å². The maximum absolute atomic E-state index is 5.04. The summed E-state index contributed by atoms with van der Waals surface area (Å²) in [5, 5.41) is 6.36. The third-order valence-corrected chi connectivity index (χ3v) is 2.57. The van der Waals surface area contributed by atoms with Gasteiger partial charge >= 0.3 is 0 Å². The highest BCUT2D eigenvalue weighted by Crippen LogP contribution is 2.28. The summed E-state index contributed by atoms with van der Waals surface area (Å²) in [5.41, 5.74) is 0. The van der Waals surface area contributed by atoms with Crippen LogP contribution in [0.5, 0.6) is 0 Å². The third kappa shape index (κ3) is 3.06. The van der Waals surface area contributed by atoms with Gasteiger partial charge in [0.2, 0.25) is 0 Å². The predicted octanol–water partition coefficient (Wildman–Crippen LogP) is 1.49. The Hall–Kier alpha value is -1.36. The molecule has 0 atom stereocenters. The van der Waals surface area contributed by atoms with E-state index >= 15 is 0 Å². The molecule has 0 unspecified atom stereocenters. The molecule has 0 amide bonds. The van der Waals surface area contributed by atoms with E-state index in [1.165, 1.54) is 12.8 Å². The van der Waals surface area contributed by atoms with Crippen molar-refractivity contribution in [1.82, 2.24) is 9.97 Å². The molecule has 2 N–H and O–H groups in total. The van der Waals surface area contributed by atoms with E-state index in [1.807, 2.05) is 13.1 Å².